The minimum atomic E-state index is -0.421. The first kappa shape index (κ1) is 12.8. The van der Waals surface area contributed by atoms with Crippen LogP contribution in [0.5, 0.6) is 5.75 Å². The van der Waals surface area contributed by atoms with Gasteiger partial charge in [-0.05, 0) is 31.4 Å². The number of anilines is 1. The second-order valence-corrected chi connectivity index (χ2v) is 3.64. The van der Waals surface area contributed by atoms with Gasteiger partial charge in [-0.2, -0.15) is 0 Å². The standard InChI is InChI=1S/C12H18FNO2/c13-10-6-5-7-11(14)12(10)16-9-4-2-1-3-8-15/h5-7,15H,1-4,8-9,14H2. The van der Waals surface area contributed by atoms with Gasteiger partial charge in [0, 0.05) is 6.61 Å². The molecule has 0 heterocycles. The fourth-order valence-corrected chi connectivity index (χ4v) is 1.42. The lowest BCUT2D eigenvalue weighted by atomic mass is 10.2. The zero-order chi connectivity index (χ0) is 11.8. The molecular weight excluding hydrogens is 209 g/mol. The van der Waals surface area contributed by atoms with Crippen LogP contribution < -0.4 is 10.5 Å². The number of unbranched alkanes of at least 4 members (excludes halogenated alkanes) is 3. The third-order valence-corrected chi connectivity index (χ3v) is 2.30. The minimum absolute atomic E-state index is 0.143. The van der Waals surface area contributed by atoms with E-state index in [1.807, 2.05) is 0 Å². The van der Waals surface area contributed by atoms with Gasteiger partial charge in [-0.15, -0.1) is 0 Å². The van der Waals surface area contributed by atoms with Gasteiger partial charge in [0.25, 0.3) is 0 Å². The molecule has 0 bridgehead atoms. The van der Waals surface area contributed by atoms with Crippen LogP contribution in [0.2, 0.25) is 0 Å². The summed E-state index contributed by atoms with van der Waals surface area (Å²) < 4.78 is 18.5. The van der Waals surface area contributed by atoms with Gasteiger partial charge in [0.05, 0.1) is 12.3 Å². The normalized spacial score (nSPS) is 10.4. The number of halogens is 1. The average molecular weight is 227 g/mol. The van der Waals surface area contributed by atoms with Crippen molar-refractivity contribution in [2.45, 2.75) is 25.7 Å². The van der Waals surface area contributed by atoms with Crippen LogP contribution in [0.1, 0.15) is 25.7 Å². The SMILES string of the molecule is Nc1cccc(F)c1OCCCCCCO. The highest BCUT2D eigenvalue weighted by atomic mass is 19.1. The maximum atomic E-state index is 13.2. The van der Waals surface area contributed by atoms with Crippen molar-refractivity contribution in [3.05, 3.63) is 24.0 Å². The number of nitrogen functional groups attached to an aromatic ring is 1. The van der Waals surface area contributed by atoms with E-state index in [2.05, 4.69) is 0 Å². The molecule has 90 valence electrons. The molecule has 1 aromatic carbocycles. The number of ether oxygens (including phenoxy) is 1. The van der Waals surface area contributed by atoms with Gasteiger partial charge >= 0.3 is 0 Å². The Hall–Kier alpha value is -1.29. The van der Waals surface area contributed by atoms with Crippen LogP contribution in [-0.2, 0) is 0 Å². The molecular formula is C12H18FNO2. The second-order valence-electron chi connectivity index (χ2n) is 3.64. The van der Waals surface area contributed by atoms with E-state index in [0.717, 1.165) is 25.7 Å². The Morgan fingerprint density at radius 1 is 1.19 bits per heavy atom. The van der Waals surface area contributed by atoms with Crippen LogP contribution in [0.15, 0.2) is 18.2 Å². The van der Waals surface area contributed by atoms with Crippen LogP contribution in [0.4, 0.5) is 10.1 Å². The van der Waals surface area contributed by atoms with E-state index in [9.17, 15) is 4.39 Å². The molecule has 1 rings (SSSR count). The van der Waals surface area contributed by atoms with Crippen molar-refractivity contribution >= 4 is 5.69 Å². The molecule has 0 unspecified atom stereocenters. The number of benzene rings is 1. The van der Waals surface area contributed by atoms with E-state index in [1.165, 1.54) is 6.07 Å². The highest BCUT2D eigenvalue weighted by molar-refractivity contribution is 5.52. The second kappa shape index (κ2) is 7.06. The third-order valence-electron chi connectivity index (χ3n) is 2.30. The minimum Gasteiger partial charge on any atom is -0.488 e. The fourth-order valence-electron chi connectivity index (χ4n) is 1.42. The molecule has 4 heteroatoms. The number of rotatable bonds is 7. The summed E-state index contributed by atoms with van der Waals surface area (Å²) in [5.41, 5.74) is 5.91. The Labute approximate surface area is 95.0 Å². The first-order valence-electron chi connectivity index (χ1n) is 5.53. The first-order valence-corrected chi connectivity index (χ1v) is 5.53. The molecule has 0 saturated carbocycles. The van der Waals surface area contributed by atoms with Crippen LogP contribution in [-0.4, -0.2) is 18.3 Å². The number of aliphatic hydroxyl groups is 1. The fraction of sp³-hybridized carbons (Fsp3) is 0.500. The first-order chi connectivity index (χ1) is 7.75. The van der Waals surface area contributed by atoms with Gasteiger partial charge in [-0.1, -0.05) is 12.5 Å². The summed E-state index contributed by atoms with van der Waals surface area (Å²) in [6.45, 7) is 0.678. The Morgan fingerprint density at radius 3 is 2.62 bits per heavy atom. The van der Waals surface area contributed by atoms with Crippen LogP contribution in [0.25, 0.3) is 0 Å². The third kappa shape index (κ3) is 4.06. The number of para-hydroxylation sites is 1. The molecule has 0 radical (unpaired) electrons. The zero-order valence-electron chi connectivity index (χ0n) is 9.29. The van der Waals surface area contributed by atoms with Gasteiger partial charge in [-0.25, -0.2) is 4.39 Å². The van der Waals surface area contributed by atoms with Crippen molar-refractivity contribution < 1.29 is 14.2 Å². The number of hydrogen-bond acceptors (Lipinski definition) is 3. The Morgan fingerprint density at radius 2 is 1.94 bits per heavy atom. The van der Waals surface area contributed by atoms with E-state index in [4.69, 9.17) is 15.6 Å². The molecule has 0 spiro atoms. The summed E-state index contributed by atoms with van der Waals surface area (Å²) in [7, 11) is 0. The van der Waals surface area contributed by atoms with Crippen LogP contribution in [0, 0.1) is 5.82 Å². The van der Waals surface area contributed by atoms with Gasteiger partial charge < -0.3 is 15.6 Å². The smallest absolute Gasteiger partial charge is 0.177 e. The summed E-state index contributed by atoms with van der Waals surface area (Å²) >= 11 is 0. The molecule has 3 nitrogen and oxygen atoms in total. The topological polar surface area (TPSA) is 55.5 Å². The molecule has 0 aliphatic rings. The summed E-state index contributed by atoms with van der Waals surface area (Å²) in [4.78, 5) is 0. The molecule has 0 saturated heterocycles. The van der Waals surface area contributed by atoms with Gasteiger partial charge in [0.1, 0.15) is 0 Å². The molecule has 3 N–H and O–H groups in total. The molecule has 0 aromatic heterocycles. The molecule has 0 atom stereocenters. The van der Waals surface area contributed by atoms with E-state index < -0.39 is 5.82 Å². The van der Waals surface area contributed by atoms with Gasteiger partial charge in [0.15, 0.2) is 11.6 Å². The molecule has 0 aliphatic heterocycles. The molecule has 0 amide bonds. The quantitative estimate of drug-likeness (QED) is 0.555. The lowest BCUT2D eigenvalue weighted by Gasteiger charge is -2.09. The molecule has 1 aromatic rings. The Kier molecular flexibility index (Phi) is 5.64. The maximum absolute atomic E-state index is 13.2. The van der Waals surface area contributed by atoms with Crippen molar-refractivity contribution in [3.8, 4) is 5.75 Å². The molecule has 0 fully saturated rings. The summed E-state index contributed by atoms with van der Waals surface area (Å²) in [6.07, 6.45) is 3.58. The maximum Gasteiger partial charge on any atom is 0.177 e. The number of nitrogens with two attached hydrogens (primary N) is 1. The van der Waals surface area contributed by atoms with Crippen LogP contribution in [0.3, 0.4) is 0 Å². The summed E-state index contributed by atoms with van der Waals surface area (Å²) in [5.74, 6) is -0.278. The number of hydrogen-bond donors (Lipinski definition) is 2. The average Bonchev–Trinajstić information content (AvgIpc) is 2.26. The number of aliphatic hydroxyl groups excluding tert-OH is 1. The Bertz CT molecular complexity index is 298. The van der Waals surface area contributed by atoms with Crippen molar-refractivity contribution in [3.63, 3.8) is 0 Å². The predicted molar refractivity (Wildman–Crippen MR) is 61.9 cm³/mol. The lowest BCUT2D eigenvalue weighted by molar-refractivity contribution is 0.270. The highest BCUT2D eigenvalue weighted by Crippen LogP contribution is 2.24. The van der Waals surface area contributed by atoms with E-state index in [-0.39, 0.29) is 12.4 Å². The molecule has 0 aliphatic carbocycles. The summed E-state index contributed by atoms with van der Waals surface area (Å²) in [5, 5.41) is 8.58. The van der Waals surface area contributed by atoms with E-state index in [1.54, 1.807) is 12.1 Å². The van der Waals surface area contributed by atoms with E-state index in [0.29, 0.717) is 12.3 Å². The predicted octanol–water partition coefficient (Wildman–Crippen LogP) is 2.34. The van der Waals surface area contributed by atoms with Crippen molar-refractivity contribution in [1.82, 2.24) is 0 Å². The Balaban J connectivity index is 2.26. The molecule has 16 heavy (non-hydrogen) atoms. The lowest BCUT2D eigenvalue weighted by Crippen LogP contribution is -2.02. The summed E-state index contributed by atoms with van der Waals surface area (Å²) in [6, 6.07) is 4.50. The van der Waals surface area contributed by atoms with Crippen molar-refractivity contribution in [2.75, 3.05) is 18.9 Å². The van der Waals surface area contributed by atoms with Crippen molar-refractivity contribution in [2.24, 2.45) is 0 Å². The van der Waals surface area contributed by atoms with E-state index >= 15 is 0 Å². The van der Waals surface area contributed by atoms with Gasteiger partial charge in [-0.3, -0.25) is 0 Å². The zero-order valence-corrected chi connectivity index (χ0v) is 9.29. The van der Waals surface area contributed by atoms with Crippen molar-refractivity contribution in [1.29, 1.82) is 0 Å². The highest BCUT2D eigenvalue weighted by Gasteiger charge is 2.06. The largest absolute Gasteiger partial charge is 0.488 e. The van der Waals surface area contributed by atoms with Crippen LogP contribution >= 0.6 is 0 Å². The van der Waals surface area contributed by atoms with Gasteiger partial charge in [0.2, 0.25) is 0 Å². The monoisotopic (exact) mass is 227 g/mol.